The molecule has 1 atom stereocenters. The van der Waals surface area contributed by atoms with Gasteiger partial charge in [-0.2, -0.15) is 5.10 Å². The van der Waals surface area contributed by atoms with Gasteiger partial charge in [-0.15, -0.1) is 0 Å². The summed E-state index contributed by atoms with van der Waals surface area (Å²) in [5, 5.41) is 9.95. The number of nitrogens with one attached hydrogen (secondary N) is 2. The van der Waals surface area contributed by atoms with E-state index in [-0.39, 0.29) is 24.5 Å². The van der Waals surface area contributed by atoms with Crippen molar-refractivity contribution in [1.29, 1.82) is 0 Å². The van der Waals surface area contributed by atoms with Crippen molar-refractivity contribution in [3.8, 4) is 17.1 Å². The molecule has 2 heterocycles. The molecular weight excluding hydrogens is 394 g/mol. The number of nitrogens with zero attached hydrogens (tertiary/aromatic N) is 3. The maximum absolute atomic E-state index is 12.9. The second kappa shape index (κ2) is 9.42. The van der Waals surface area contributed by atoms with Gasteiger partial charge >= 0.3 is 0 Å². The Kier molecular flexibility index (Phi) is 6.26. The van der Waals surface area contributed by atoms with Gasteiger partial charge in [-0.05, 0) is 43.5 Å². The lowest BCUT2D eigenvalue weighted by molar-refractivity contribution is -0.137. The molecule has 0 aliphatic carbocycles. The van der Waals surface area contributed by atoms with E-state index >= 15 is 0 Å². The van der Waals surface area contributed by atoms with Crippen molar-refractivity contribution >= 4 is 11.8 Å². The molecule has 0 spiro atoms. The molecule has 1 aromatic heterocycles. The average Bonchev–Trinajstić information content (AvgIpc) is 3.33. The number of hydrogen-bond acceptors (Lipinski definition) is 5. The molecule has 2 aromatic carbocycles. The number of hydrogen-bond donors (Lipinski definition) is 2. The highest BCUT2D eigenvalue weighted by Crippen LogP contribution is 2.30. The maximum atomic E-state index is 12.9. The summed E-state index contributed by atoms with van der Waals surface area (Å²) in [6.07, 6.45) is 2.77. The van der Waals surface area contributed by atoms with Gasteiger partial charge in [-0.25, -0.2) is 4.98 Å². The fourth-order valence-electron chi connectivity index (χ4n) is 3.76. The predicted octanol–water partition coefficient (Wildman–Crippen LogP) is 2.96. The fourth-order valence-corrected chi connectivity index (χ4v) is 3.76. The lowest BCUT2D eigenvalue weighted by Crippen LogP contribution is -2.41. The Balaban J connectivity index is 1.49. The van der Waals surface area contributed by atoms with E-state index in [4.69, 9.17) is 4.74 Å². The van der Waals surface area contributed by atoms with Crippen LogP contribution in [0.1, 0.15) is 41.5 Å². The summed E-state index contributed by atoms with van der Waals surface area (Å²) in [5.74, 6) is 1.57. The smallest absolute Gasteiger partial charge is 0.261 e. The highest BCUT2D eigenvalue weighted by atomic mass is 16.5. The molecule has 4 rings (SSSR count). The third kappa shape index (κ3) is 4.74. The van der Waals surface area contributed by atoms with Crippen LogP contribution in [0.5, 0.6) is 5.75 Å². The topological polar surface area (TPSA) is 100 Å². The molecule has 1 aliphatic heterocycles. The molecule has 0 saturated carbocycles. The third-order valence-electron chi connectivity index (χ3n) is 5.36. The molecule has 2 N–H and O–H groups in total. The molecule has 2 amide bonds. The van der Waals surface area contributed by atoms with E-state index in [1.807, 2.05) is 41.3 Å². The van der Waals surface area contributed by atoms with Crippen LogP contribution in [-0.4, -0.2) is 52.1 Å². The Morgan fingerprint density at radius 1 is 1.16 bits per heavy atom. The third-order valence-corrected chi connectivity index (χ3v) is 5.36. The van der Waals surface area contributed by atoms with Gasteiger partial charge < -0.3 is 15.0 Å². The SMILES string of the molecule is CNC(=O)c1cccc(-c2n[nH]c([C@H]3CCCCN3C(=O)COc3ccccc3)n2)c1. The number of aromatic amines is 1. The molecule has 31 heavy (non-hydrogen) atoms. The average molecular weight is 419 g/mol. The number of rotatable bonds is 6. The van der Waals surface area contributed by atoms with Gasteiger partial charge in [0.1, 0.15) is 11.6 Å². The van der Waals surface area contributed by atoms with E-state index in [1.54, 1.807) is 25.2 Å². The van der Waals surface area contributed by atoms with Gasteiger partial charge in [0.2, 0.25) is 0 Å². The minimum absolute atomic E-state index is 0.0182. The molecule has 0 radical (unpaired) electrons. The minimum Gasteiger partial charge on any atom is -0.484 e. The second-order valence-corrected chi connectivity index (χ2v) is 7.40. The van der Waals surface area contributed by atoms with Crippen molar-refractivity contribution < 1.29 is 14.3 Å². The first-order chi connectivity index (χ1) is 15.2. The van der Waals surface area contributed by atoms with Gasteiger partial charge in [-0.1, -0.05) is 30.3 Å². The Bertz CT molecular complexity index is 1050. The zero-order valence-electron chi connectivity index (χ0n) is 17.4. The molecule has 0 unspecified atom stereocenters. The summed E-state index contributed by atoms with van der Waals surface area (Å²) < 4.78 is 5.65. The zero-order chi connectivity index (χ0) is 21.6. The fraction of sp³-hybridized carbons (Fsp3) is 0.304. The molecule has 1 fully saturated rings. The minimum atomic E-state index is -0.177. The Morgan fingerprint density at radius 2 is 2.00 bits per heavy atom. The lowest BCUT2D eigenvalue weighted by atomic mass is 10.0. The van der Waals surface area contributed by atoms with E-state index in [9.17, 15) is 9.59 Å². The number of aromatic nitrogens is 3. The number of benzene rings is 2. The lowest BCUT2D eigenvalue weighted by Gasteiger charge is -2.34. The van der Waals surface area contributed by atoms with Gasteiger partial charge in [0, 0.05) is 24.7 Å². The van der Waals surface area contributed by atoms with E-state index in [2.05, 4.69) is 20.5 Å². The first kappa shape index (κ1) is 20.6. The van der Waals surface area contributed by atoms with Gasteiger partial charge in [0.05, 0.1) is 6.04 Å². The van der Waals surface area contributed by atoms with E-state index in [1.165, 1.54) is 0 Å². The molecule has 3 aromatic rings. The highest BCUT2D eigenvalue weighted by molar-refractivity contribution is 5.95. The number of likely N-dealkylation sites (tertiary alicyclic amines) is 1. The summed E-state index contributed by atoms with van der Waals surface area (Å²) in [6, 6.07) is 16.3. The van der Waals surface area contributed by atoms with Gasteiger partial charge in [0.15, 0.2) is 12.4 Å². The van der Waals surface area contributed by atoms with Crippen LogP contribution in [0, 0.1) is 0 Å². The molecule has 8 heteroatoms. The zero-order valence-corrected chi connectivity index (χ0v) is 17.4. The van der Waals surface area contributed by atoms with Crippen molar-refractivity contribution in [2.45, 2.75) is 25.3 Å². The number of piperidine rings is 1. The molecule has 0 bridgehead atoms. The van der Waals surface area contributed by atoms with Crippen molar-refractivity contribution in [2.24, 2.45) is 0 Å². The van der Waals surface area contributed by atoms with Crippen molar-refractivity contribution in [3.05, 3.63) is 66.0 Å². The molecule has 1 saturated heterocycles. The Morgan fingerprint density at radius 3 is 2.81 bits per heavy atom. The van der Waals surface area contributed by atoms with Crippen LogP contribution in [0.2, 0.25) is 0 Å². The van der Waals surface area contributed by atoms with Crippen LogP contribution in [0.15, 0.2) is 54.6 Å². The van der Waals surface area contributed by atoms with Crippen LogP contribution >= 0.6 is 0 Å². The van der Waals surface area contributed by atoms with Crippen molar-refractivity contribution in [1.82, 2.24) is 25.4 Å². The summed E-state index contributed by atoms with van der Waals surface area (Å²) >= 11 is 0. The first-order valence-electron chi connectivity index (χ1n) is 10.4. The monoisotopic (exact) mass is 419 g/mol. The molecule has 8 nitrogen and oxygen atoms in total. The number of H-pyrrole nitrogens is 1. The number of carbonyl (C=O) groups is 2. The van der Waals surface area contributed by atoms with Crippen LogP contribution < -0.4 is 10.1 Å². The summed E-state index contributed by atoms with van der Waals surface area (Å²) in [7, 11) is 1.59. The number of para-hydroxylation sites is 1. The summed E-state index contributed by atoms with van der Waals surface area (Å²) in [5.41, 5.74) is 1.28. The van der Waals surface area contributed by atoms with Gasteiger partial charge in [0.25, 0.3) is 11.8 Å². The largest absolute Gasteiger partial charge is 0.484 e. The van der Waals surface area contributed by atoms with E-state index in [0.717, 1.165) is 24.8 Å². The van der Waals surface area contributed by atoms with Crippen molar-refractivity contribution in [3.63, 3.8) is 0 Å². The van der Waals surface area contributed by atoms with E-state index in [0.29, 0.717) is 29.5 Å². The molecule has 1 aliphatic rings. The first-order valence-corrected chi connectivity index (χ1v) is 10.4. The number of carbonyl (C=O) groups excluding carboxylic acids is 2. The highest BCUT2D eigenvalue weighted by Gasteiger charge is 2.30. The normalized spacial score (nSPS) is 16.0. The predicted molar refractivity (Wildman–Crippen MR) is 115 cm³/mol. The van der Waals surface area contributed by atoms with Gasteiger partial charge in [-0.3, -0.25) is 14.7 Å². The van der Waals surface area contributed by atoms with E-state index < -0.39 is 0 Å². The van der Waals surface area contributed by atoms with Crippen LogP contribution in [0.25, 0.3) is 11.4 Å². The summed E-state index contributed by atoms with van der Waals surface area (Å²) in [6.45, 7) is 0.638. The Hall–Kier alpha value is -3.68. The van der Waals surface area contributed by atoms with Crippen LogP contribution in [0.3, 0.4) is 0 Å². The second-order valence-electron chi connectivity index (χ2n) is 7.40. The Labute approximate surface area is 180 Å². The van der Waals surface area contributed by atoms with Crippen molar-refractivity contribution in [2.75, 3.05) is 20.2 Å². The summed E-state index contributed by atoms with van der Waals surface area (Å²) in [4.78, 5) is 31.3. The molecular formula is C23H25N5O3. The standard InChI is InChI=1S/C23H25N5O3/c1-24-23(30)17-9-7-8-16(14-17)21-25-22(27-26-21)19-12-5-6-13-28(19)20(29)15-31-18-10-3-2-4-11-18/h2-4,7-11,14,19H,5-6,12-13,15H2,1H3,(H,24,30)(H,25,26,27)/t19-/m1/s1. The number of amides is 2. The quantitative estimate of drug-likeness (QED) is 0.640. The number of ether oxygens (including phenoxy) is 1. The van der Waals surface area contributed by atoms with Crippen LogP contribution in [-0.2, 0) is 4.79 Å². The molecule has 160 valence electrons. The maximum Gasteiger partial charge on any atom is 0.261 e. The van der Waals surface area contributed by atoms with Crippen LogP contribution in [0.4, 0.5) is 0 Å².